The first-order chi connectivity index (χ1) is 16.3. The number of benzene rings is 3. The number of aromatic nitrogens is 2. The Labute approximate surface area is 194 Å². The number of hydrogen-bond acceptors (Lipinski definition) is 4. The van der Waals surface area contributed by atoms with Crippen molar-refractivity contribution in [2.75, 3.05) is 6.54 Å². The summed E-state index contributed by atoms with van der Waals surface area (Å²) < 4.78 is 44.1. The van der Waals surface area contributed by atoms with Gasteiger partial charge in [-0.2, -0.15) is 18.2 Å². The molecule has 0 unspecified atom stereocenters. The molecule has 5 nitrogen and oxygen atoms in total. The molecule has 0 atom stereocenters. The number of carbonyl (C=O) groups excluding carboxylic acids is 1. The van der Waals surface area contributed by atoms with Crippen molar-refractivity contribution in [2.24, 2.45) is 0 Å². The van der Waals surface area contributed by atoms with Crippen molar-refractivity contribution < 1.29 is 22.5 Å². The topological polar surface area (TPSA) is 59.2 Å². The normalized spacial score (nSPS) is 11.4. The predicted octanol–water partition coefficient (Wildman–Crippen LogP) is 5.95. The third-order valence-electron chi connectivity index (χ3n) is 5.30. The molecule has 4 rings (SSSR count). The van der Waals surface area contributed by atoms with Crippen molar-refractivity contribution in [3.05, 3.63) is 107 Å². The number of aryl methyl sites for hydroxylation is 1. The van der Waals surface area contributed by atoms with E-state index >= 15 is 0 Å². The molecule has 0 radical (unpaired) electrons. The summed E-state index contributed by atoms with van der Waals surface area (Å²) in [5, 5.41) is 4.03. The van der Waals surface area contributed by atoms with Crippen LogP contribution in [0.3, 0.4) is 0 Å². The number of alkyl halides is 3. The molecule has 0 aliphatic rings. The Bertz CT molecular complexity index is 1250. The lowest BCUT2D eigenvalue weighted by atomic mass is 10.1. The Morgan fingerprint density at radius 1 is 0.971 bits per heavy atom. The van der Waals surface area contributed by atoms with Gasteiger partial charge in [-0.1, -0.05) is 59.3 Å². The summed E-state index contributed by atoms with van der Waals surface area (Å²) in [6, 6.07) is 21.3. The standard InChI is InChI=1S/C26H22F3N3O2/c1-18-6-5-9-21(16-18)24-30-23(34-31-24)14-15-32(17-19-7-3-2-4-8-19)25(33)20-10-12-22(13-11-20)26(27,28)29/h2-13,16H,14-15,17H2,1H3. The lowest BCUT2D eigenvalue weighted by molar-refractivity contribution is -0.137. The molecule has 0 fully saturated rings. The highest BCUT2D eigenvalue weighted by Crippen LogP contribution is 2.29. The molecule has 0 aliphatic carbocycles. The van der Waals surface area contributed by atoms with Crippen molar-refractivity contribution in [2.45, 2.75) is 26.1 Å². The number of amides is 1. The molecule has 34 heavy (non-hydrogen) atoms. The SMILES string of the molecule is Cc1cccc(-c2noc(CCN(Cc3ccccc3)C(=O)c3ccc(C(F)(F)F)cc3)n2)c1. The Hall–Kier alpha value is -3.94. The highest BCUT2D eigenvalue weighted by atomic mass is 19.4. The van der Waals surface area contributed by atoms with Gasteiger partial charge in [-0.3, -0.25) is 4.79 Å². The van der Waals surface area contributed by atoms with Crippen LogP contribution >= 0.6 is 0 Å². The molecule has 0 aliphatic heterocycles. The summed E-state index contributed by atoms with van der Waals surface area (Å²) in [6.07, 6.45) is -4.16. The molecule has 0 N–H and O–H groups in total. The van der Waals surface area contributed by atoms with E-state index in [4.69, 9.17) is 4.52 Å². The predicted molar refractivity (Wildman–Crippen MR) is 121 cm³/mol. The first kappa shape index (κ1) is 23.2. The van der Waals surface area contributed by atoms with Crippen LogP contribution in [0.2, 0.25) is 0 Å². The maximum Gasteiger partial charge on any atom is 0.416 e. The quantitative estimate of drug-likeness (QED) is 0.339. The first-order valence-electron chi connectivity index (χ1n) is 10.7. The Morgan fingerprint density at radius 3 is 2.38 bits per heavy atom. The second-order valence-electron chi connectivity index (χ2n) is 7.92. The third-order valence-corrected chi connectivity index (χ3v) is 5.30. The van der Waals surface area contributed by atoms with Crippen LogP contribution in [-0.2, 0) is 19.1 Å². The summed E-state index contributed by atoms with van der Waals surface area (Å²) in [5.41, 5.74) is 2.17. The van der Waals surface area contributed by atoms with E-state index in [-0.39, 0.29) is 18.0 Å². The molecule has 174 valence electrons. The van der Waals surface area contributed by atoms with Gasteiger partial charge in [0.05, 0.1) is 5.56 Å². The van der Waals surface area contributed by atoms with Crippen molar-refractivity contribution in [3.63, 3.8) is 0 Å². The number of nitrogens with zero attached hydrogens (tertiary/aromatic N) is 3. The summed E-state index contributed by atoms with van der Waals surface area (Å²) in [5.74, 6) is 0.452. The maximum atomic E-state index is 13.2. The third kappa shape index (κ3) is 5.70. The smallest absolute Gasteiger partial charge is 0.339 e. The first-order valence-corrected chi connectivity index (χ1v) is 10.7. The zero-order valence-corrected chi connectivity index (χ0v) is 18.4. The van der Waals surface area contributed by atoms with E-state index in [1.807, 2.05) is 61.5 Å². The largest absolute Gasteiger partial charge is 0.416 e. The highest BCUT2D eigenvalue weighted by molar-refractivity contribution is 5.94. The Balaban J connectivity index is 1.51. The Morgan fingerprint density at radius 2 is 1.71 bits per heavy atom. The monoisotopic (exact) mass is 465 g/mol. The molecular weight excluding hydrogens is 443 g/mol. The summed E-state index contributed by atoms with van der Waals surface area (Å²) >= 11 is 0. The van der Waals surface area contributed by atoms with Gasteiger partial charge in [-0.15, -0.1) is 0 Å². The average Bonchev–Trinajstić information content (AvgIpc) is 3.31. The molecular formula is C26H22F3N3O2. The maximum absolute atomic E-state index is 13.2. The lowest BCUT2D eigenvalue weighted by Gasteiger charge is -2.22. The van der Waals surface area contributed by atoms with Crippen molar-refractivity contribution >= 4 is 5.91 Å². The molecule has 0 saturated carbocycles. The van der Waals surface area contributed by atoms with E-state index in [1.54, 1.807) is 4.90 Å². The van der Waals surface area contributed by atoms with Crippen LogP contribution < -0.4 is 0 Å². The number of rotatable bonds is 7. The lowest BCUT2D eigenvalue weighted by Crippen LogP contribution is -2.32. The van der Waals surface area contributed by atoms with Gasteiger partial charge in [-0.05, 0) is 42.8 Å². The van der Waals surface area contributed by atoms with Gasteiger partial charge in [0, 0.05) is 30.6 Å². The fourth-order valence-electron chi connectivity index (χ4n) is 3.53. The molecule has 3 aromatic carbocycles. The van der Waals surface area contributed by atoms with Gasteiger partial charge in [0.25, 0.3) is 5.91 Å². The number of hydrogen-bond donors (Lipinski definition) is 0. The minimum Gasteiger partial charge on any atom is -0.339 e. The van der Waals surface area contributed by atoms with E-state index in [0.717, 1.165) is 28.8 Å². The Kier molecular flexibility index (Phi) is 6.77. The van der Waals surface area contributed by atoms with Gasteiger partial charge in [0.2, 0.25) is 11.7 Å². The van der Waals surface area contributed by atoms with E-state index in [0.29, 0.717) is 24.7 Å². The van der Waals surface area contributed by atoms with Crippen LogP contribution in [0.5, 0.6) is 0 Å². The van der Waals surface area contributed by atoms with E-state index < -0.39 is 11.7 Å². The van der Waals surface area contributed by atoms with Crippen molar-refractivity contribution in [1.82, 2.24) is 15.0 Å². The molecule has 0 saturated heterocycles. The van der Waals surface area contributed by atoms with E-state index in [9.17, 15) is 18.0 Å². The van der Waals surface area contributed by atoms with E-state index in [2.05, 4.69) is 10.1 Å². The molecule has 1 aromatic heterocycles. The van der Waals surface area contributed by atoms with Crippen molar-refractivity contribution in [3.8, 4) is 11.4 Å². The highest BCUT2D eigenvalue weighted by Gasteiger charge is 2.30. The van der Waals surface area contributed by atoms with Gasteiger partial charge in [-0.25, -0.2) is 0 Å². The molecule has 0 bridgehead atoms. The van der Waals surface area contributed by atoms with Crippen LogP contribution in [0.15, 0.2) is 83.4 Å². The zero-order chi connectivity index (χ0) is 24.1. The molecule has 1 amide bonds. The summed E-state index contributed by atoms with van der Waals surface area (Å²) in [7, 11) is 0. The number of carbonyl (C=O) groups is 1. The molecule has 0 spiro atoms. The zero-order valence-electron chi connectivity index (χ0n) is 18.4. The van der Waals surface area contributed by atoms with Gasteiger partial charge >= 0.3 is 6.18 Å². The molecule has 1 heterocycles. The minimum atomic E-state index is -4.46. The molecule has 8 heteroatoms. The van der Waals surface area contributed by atoms with Gasteiger partial charge in [0.1, 0.15) is 0 Å². The average molecular weight is 465 g/mol. The van der Waals surface area contributed by atoms with Gasteiger partial charge < -0.3 is 9.42 Å². The minimum absolute atomic E-state index is 0.176. The number of halogens is 3. The summed E-state index contributed by atoms with van der Waals surface area (Å²) in [6.45, 7) is 2.52. The van der Waals surface area contributed by atoms with Crippen LogP contribution in [0.1, 0.15) is 32.9 Å². The fraction of sp³-hybridized carbons (Fsp3) is 0.192. The second-order valence-corrected chi connectivity index (χ2v) is 7.92. The fourth-order valence-corrected chi connectivity index (χ4v) is 3.53. The van der Waals surface area contributed by atoms with Crippen LogP contribution in [0, 0.1) is 6.92 Å². The van der Waals surface area contributed by atoms with Crippen molar-refractivity contribution in [1.29, 1.82) is 0 Å². The van der Waals surface area contributed by atoms with Crippen LogP contribution in [0.25, 0.3) is 11.4 Å². The summed E-state index contributed by atoms with van der Waals surface area (Å²) in [4.78, 5) is 19.2. The van der Waals surface area contributed by atoms with Crippen LogP contribution in [-0.4, -0.2) is 27.5 Å². The second kappa shape index (κ2) is 9.91. The van der Waals surface area contributed by atoms with Crippen LogP contribution in [0.4, 0.5) is 13.2 Å². The molecule has 4 aromatic rings. The van der Waals surface area contributed by atoms with E-state index in [1.165, 1.54) is 12.1 Å². The van der Waals surface area contributed by atoms with Gasteiger partial charge in [0.15, 0.2) is 0 Å².